The average Bonchev–Trinajstić information content (AvgIpc) is 3.62. The minimum absolute atomic E-state index is 0.0987. The molecular formula is C37H44N4O7. The van der Waals surface area contributed by atoms with Crippen LogP contribution in [0.3, 0.4) is 0 Å². The summed E-state index contributed by atoms with van der Waals surface area (Å²) >= 11 is 0. The summed E-state index contributed by atoms with van der Waals surface area (Å²) in [5, 5.41) is 3.75. The second-order valence-corrected chi connectivity index (χ2v) is 13.0. The van der Waals surface area contributed by atoms with E-state index in [4.69, 9.17) is 28.9 Å². The largest absolute Gasteiger partial charge is 0.497 e. The lowest BCUT2D eigenvalue weighted by molar-refractivity contribution is -0.150. The van der Waals surface area contributed by atoms with Crippen molar-refractivity contribution in [1.29, 1.82) is 0 Å². The van der Waals surface area contributed by atoms with Crippen LogP contribution in [-0.4, -0.2) is 78.7 Å². The van der Waals surface area contributed by atoms with Gasteiger partial charge in [-0.05, 0) is 88.8 Å². The van der Waals surface area contributed by atoms with Crippen molar-refractivity contribution in [3.05, 3.63) is 54.1 Å². The van der Waals surface area contributed by atoms with Crippen LogP contribution < -0.4 is 19.5 Å². The molecule has 11 nitrogen and oxygen atoms in total. The Morgan fingerprint density at radius 1 is 1.02 bits per heavy atom. The number of hydrogen-bond acceptors (Lipinski definition) is 9. The molecule has 1 N–H and O–H groups in total. The molecule has 6 rings (SSSR count). The quantitative estimate of drug-likeness (QED) is 0.275. The number of amides is 2. The van der Waals surface area contributed by atoms with Crippen LogP contribution in [0.25, 0.3) is 22.3 Å². The normalized spacial score (nSPS) is 26.5. The lowest BCUT2D eigenvalue weighted by Gasteiger charge is -2.26. The van der Waals surface area contributed by atoms with Crippen LogP contribution >= 0.6 is 0 Å². The first-order valence-corrected chi connectivity index (χ1v) is 16.8. The molecule has 2 aromatic carbocycles. The summed E-state index contributed by atoms with van der Waals surface area (Å²) in [6.45, 7) is 4.51. The van der Waals surface area contributed by atoms with E-state index in [-0.39, 0.29) is 30.8 Å². The monoisotopic (exact) mass is 656 g/mol. The second kappa shape index (κ2) is 13.8. The molecule has 1 aromatic heterocycles. The zero-order valence-corrected chi connectivity index (χ0v) is 28.3. The maximum absolute atomic E-state index is 14.1. The molecule has 2 heterocycles. The van der Waals surface area contributed by atoms with Gasteiger partial charge in [-0.15, -0.1) is 0 Å². The Labute approximate surface area is 281 Å². The van der Waals surface area contributed by atoms with Crippen LogP contribution in [0.1, 0.15) is 51.0 Å². The minimum atomic E-state index is -1.11. The van der Waals surface area contributed by atoms with Gasteiger partial charge in [0.25, 0.3) is 0 Å². The highest BCUT2D eigenvalue weighted by molar-refractivity contribution is 5.95. The van der Waals surface area contributed by atoms with Gasteiger partial charge >= 0.3 is 5.97 Å². The molecule has 2 fully saturated rings. The molecule has 11 heteroatoms. The number of nitrogens with zero attached hydrogens (tertiary/aromatic N) is 3. The molecule has 2 amide bonds. The number of fused-ring (bicyclic) bond motifs is 3. The van der Waals surface area contributed by atoms with E-state index in [0.29, 0.717) is 53.5 Å². The third kappa shape index (κ3) is 6.42. The molecule has 48 heavy (non-hydrogen) atoms. The van der Waals surface area contributed by atoms with E-state index in [0.717, 1.165) is 30.4 Å². The van der Waals surface area contributed by atoms with Crippen LogP contribution in [0, 0.1) is 24.7 Å². The van der Waals surface area contributed by atoms with Gasteiger partial charge in [0.15, 0.2) is 5.82 Å². The Kier molecular flexibility index (Phi) is 9.57. The summed E-state index contributed by atoms with van der Waals surface area (Å²) in [6.07, 6.45) is 7.28. The molecule has 5 atom stereocenters. The summed E-state index contributed by atoms with van der Waals surface area (Å²) in [6, 6.07) is 11.2. The Morgan fingerprint density at radius 2 is 1.79 bits per heavy atom. The van der Waals surface area contributed by atoms with Gasteiger partial charge in [-0.25, -0.2) is 9.78 Å². The first-order valence-electron chi connectivity index (χ1n) is 16.8. The second-order valence-electron chi connectivity index (χ2n) is 13.0. The van der Waals surface area contributed by atoms with Crippen LogP contribution in [0.5, 0.6) is 17.4 Å². The van der Waals surface area contributed by atoms with Gasteiger partial charge < -0.3 is 29.2 Å². The Balaban J connectivity index is 1.34. The van der Waals surface area contributed by atoms with E-state index in [1.165, 1.54) is 0 Å². The van der Waals surface area contributed by atoms with Gasteiger partial charge in [-0.1, -0.05) is 12.2 Å². The summed E-state index contributed by atoms with van der Waals surface area (Å²) < 4.78 is 23.0. The molecule has 254 valence electrons. The highest BCUT2D eigenvalue weighted by Gasteiger charge is 2.62. The zero-order valence-electron chi connectivity index (χ0n) is 28.3. The zero-order chi connectivity index (χ0) is 34.0. The molecule has 0 radical (unpaired) electrons. The lowest BCUT2D eigenvalue weighted by atomic mass is 9.93. The molecule has 0 unspecified atom stereocenters. The fourth-order valence-electron chi connectivity index (χ4n) is 7.06. The summed E-state index contributed by atoms with van der Waals surface area (Å²) in [5.41, 5.74) is 1.18. The van der Waals surface area contributed by atoms with Crippen molar-refractivity contribution in [1.82, 2.24) is 20.2 Å². The number of ether oxygens (including phenoxy) is 4. The van der Waals surface area contributed by atoms with Crippen LogP contribution in [-0.2, 0) is 19.1 Å². The maximum Gasteiger partial charge on any atom is 0.332 e. The summed E-state index contributed by atoms with van der Waals surface area (Å²) in [4.78, 5) is 52.6. The molecule has 0 bridgehead atoms. The first kappa shape index (κ1) is 33.2. The maximum atomic E-state index is 14.1. The number of aryl methyl sites for hydroxylation is 1. The lowest BCUT2D eigenvalue weighted by Crippen LogP contribution is -2.50. The van der Waals surface area contributed by atoms with E-state index in [9.17, 15) is 14.4 Å². The number of aromatic nitrogens is 2. The molecule has 1 aliphatic heterocycles. The number of allylic oxidation sites excluding steroid dienone is 1. The van der Waals surface area contributed by atoms with Crippen molar-refractivity contribution in [3.8, 4) is 28.8 Å². The average molecular weight is 657 g/mol. The number of rotatable bonds is 7. The number of hydrogen-bond donors (Lipinski definition) is 1. The van der Waals surface area contributed by atoms with Gasteiger partial charge in [-0.2, -0.15) is 4.98 Å². The van der Waals surface area contributed by atoms with E-state index in [2.05, 4.69) is 11.4 Å². The highest BCUT2D eigenvalue weighted by Crippen LogP contribution is 2.47. The number of carbonyl (C=O) groups excluding carboxylic acids is 3. The van der Waals surface area contributed by atoms with E-state index in [1.807, 2.05) is 49.4 Å². The topological polar surface area (TPSA) is 129 Å². The number of nitrogens with one attached hydrogen (secondary N) is 1. The molecule has 2 aliphatic carbocycles. The third-order valence-electron chi connectivity index (χ3n) is 9.92. The van der Waals surface area contributed by atoms with E-state index < -0.39 is 29.4 Å². The Hall–Kier alpha value is -4.67. The molecule has 0 saturated heterocycles. The van der Waals surface area contributed by atoms with Crippen molar-refractivity contribution in [2.75, 3.05) is 34.4 Å². The fraction of sp³-hybridized carbons (Fsp3) is 0.486. The van der Waals surface area contributed by atoms with Gasteiger partial charge in [0.1, 0.15) is 23.1 Å². The summed E-state index contributed by atoms with van der Waals surface area (Å²) in [5.74, 6) is -0.0931. The van der Waals surface area contributed by atoms with Crippen molar-refractivity contribution < 1.29 is 33.3 Å². The van der Waals surface area contributed by atoms with Gasteiger partial charge in [0, 0.05) is 30.6 Å². The van der Waals surface area contributed by atoms with E-state index >= 15 is 0 Å². The molecule has 3 aromatic rings. The first-order chi connectivity index (χ1) is 23.2. The number of carbonyl (C=O) groups is 3. The molecule has 0 spiro atoms. The Bertz CT molecular complexity index is 1720. The predicted molar refractivity (Wildman–Crippen MR) is 180 cm³/mol. The number of esters is 1. The number of methoxy groups -OCH3 is 2. The summed E-state index contributed by atoms with van der Waals surface area (Å²) in [7, 11) is 5.02. The standard InChI is InChI=1S/C37H44N4O7/c1-6-47-36(44)37-21-24(37)11-9-7-8-10-18-41(3)35(43)29-20-26(19-28(29)33(42)40-37)48-34-27-16-17-30(46-5)22(2)31(27)38-32(39-34)23-12-14-25(45-4)15-13-23/h9,11-17,24,26,28-29H,6-8,10,18-21H2,1-5H3,(H,40,42)/b11-9-/t24-,26-,28-,29-,37-/m1/s1. The molecule has 3 aliphatic rings. The SMILES string of the molecule is CCOC(=O)[C@@]12C[C@H]1/C=C\CCCCN(C)C(=O)[C@@H]1C[C@H](Oc3nc(-c4ccc(OC)cc4)nc4c(C)c(OC)ccc34)C[C@H]1C(=O)N2. The van der Waals surface area contributed by atoms with Gasteiger partial charge in [0.05, 0.1) is 43.6 Å². The van der Waals surface area contributed by atoms with Crippen molar-refractivity contribution in [2.24, 2.45) is 17.8 Å². The minimum Gasteiger partial charge on any atom is -0.497 e. The smallest absolute Gasteiger partial charge is 0.332 e. The van der Waals surface area contributed by atoms with Crippen molar-refractivity contribution in [3.63, 3.8) is 0 Å². The van der Waals surface area contributed by atoms with Crippen molar-refractivity contribution >= 4 is 28.7 Å². The third-order valence-corrected chi connectivity index (χ3v) is 9.92. The van der Waals surface area contributed by atoms with Gasteiger partial charge in [0.2, 0.25) is 17.7 Å². The molecule has 2 saturated carbocycles. The van der Waals surface area contributed by atoms with Crippen LogP contribution in [0.2, 0.25) is 0 Å². The number of benzene rings is 2. The highest BCUT2D eigenvalue weighted by atomic mass is 16.5. The van der Waals surface area contributed by atoms with Gasteiger partial charge in [-0.3, -0.25) is 9.59 Å². The predicted octanol–water partition coefficient (Wildman–Crippen LogP) is 5.03. The van der Waals surface area contributed by atoms with E-state index in [1.54, 1.807) is 33.1 Å². The fourth-order valence-corrected chi connectivity index (χ4v) is 7.06. The Morgan fingerprint density at radius 3 is 2.52 bits per heavy atom. The molecular weight excluding hydrogens is 612 g/mol. The van der Waals surface area contributed by atoms with Crippen LogP contribution in [0.4, 0.5) is 0 Å². The van der Waals surface area contributed by atoms with Crippen molar-refractivity contribution in [2.45, 2.75) is 64.0 Å². The van der Waals surface area contributed by atoms with Crippen LogP contribution in [0.15, 0.2) is 48.6 Å².